The summed E-state index contributed by atoms with van der Waals surface area (Å²) in [5, 5.41) is 11.3. The number of rotatable bonds is 9. The lowest BCUT2D eigenvalue weighted by Gasteiger charge is -2.02. The molecule has 0 aliphatic carbocycles. The first-order chi connectivity index (χ1) is 8.86. The van der Waals surface area contributed by atoms with Crippen LogP contribution in [-0.2, 0) is 16.0 Å². The van der Waals surface area contributed by atoms with Gasteiger partial charge < -0.3 is 27.1 Å². The van der Waals surface area contributed by atoms with E-state index in [0.717, 1.165) is 12.1 Å². The van der Waals surface area contributed by atoms with E-state index in [9.17, 15) is 0 Å². The minimum Gasteiger partial charge on any atom is -1.00 e. The van der Waals surface area contributed by atoms with Crippen LogP contribution in [0, 0.1) is 0 Å². The van der Waals surface area contributed by atoms with Crippen molar-refractivity contribution in [3.63, 3.8) is 0 Å². The van der Waals surface area contributed by atoms with Crippen LogP contribution < -0.4 is 17.0 Å². The van der Waals surface area contributed by atoms with Gasteiger partial charge in [0.25, 0.3) is 0 Å². The molecule has 0 fully saturated rings. The standard InChI is InChI=1S/C12H17ClN2O3.ClH/c13-3-7-17-9-10-18-8-6-15-4-1-12(2-5-15)11-14-16;/h1-2,4-5,11H,3,6-10H2;1H. The Morgan fingerprint density at radius 2 is 1.79 bits per heavy atom. The Hall–Kier alpha value is -0.880. The number of hydrogen-bond donors (Lipinski definition) is 1. The number of alkyl halides is 1. The molecule has 0 saturated carbocycles. The molecule has 0 amide bonds. The molecule has 0 atom stereocenters. The van der Waals surface area contributed by atoms with Gasteiger partial charge >= 0.3 is 0 Å². The van der Waals surface area contributed by atoms with Crippen LogP contribution in [0.2, 0.25) is 0 Å². The van der Waals surface area contributed by atoms with Crippen molar-refractivity contribution in [1.82, 2.24) is 0 Å². The van der Waals surface area contributed by atoms with Gasteiger partial charge in [-0.3, -0.25) is 0 Å². The van der Waals surface area contributed by atoms with Crippen molar-refractivity contribution in [3.8, 4) is 0 Å². The summed E-state index contributed by atoms with van der Waals surface area (Å²) in [6.45, 7) is 3.11. The number of hydrogen-bond acceptors (Lipinski definition) is 4. The molecular formula is C12H18Cl2N2O3. The SMILES string of the molecule is O/N=C/c1cc[n+](CCOCCOCCCl)cc1.[Cl-]. The Kier molecular flexibility index (Phi) is 11.6. The molecule has 0 unspecified atom stereocenters. The molecule has 1 aromatic heterocycles. The lowest BCUT2D eigenvalue weighted by atomic mass is 10.3. The van der Waals surface area contributed by atoms with Crippen LogP contribution >= 0.6 is 11.6 Å². The van der Waals surface area contributed by atoms with Crippen molar-refractivity contribution >= 4 is 17.8 Å². The second kappa shape index (κ2) is 12.2. The highest BCUT2D eigenvalue weighted by Crippen LogP contribution is 1.90. The van der Waals surface area contributed by atoms with Crippen LogP contribution in [-0.4, -0.2) is 43.7 Å². The zero-order valence-corrected chi connectivity index (χ0v) is 12.1. The minimum atomic E-state index is 0. The van der Waals surface area contributed by atoms with Crippen molar-refractivity contribution in [3.05, 3.63) is 30.1 Å². The van der Waals surface area contributed by atoms with Crippen molar-refractivity contribution < 1.29 is 31.7 Å². The average Bonchev–Trinajstić information content (AvgIpc) is 2.40. The summed E-state index contributed by atoms with van der Waals surface area (Å²) in [6.07, 6.45) is 5.20. The van der Waals surface area contributed by atoms with Crippen LogP contribution in [0.25, 0.3) is 0 Å². The van der Waals surface area contributed by atoms with Gasteiger partial charge in [-0.1, -0.05) is 5.16 Å². The number of pyridine rings is 1. The van der Waals surface area contributed by atoms with Gasteiger partial charge in [0.2, 0.25) is 0 Å². The molecule has 0 aromatic carbocycles. The molecule has 0 saturated heterocycles. The van der Waals surface area contributed by atoms with E-state index < -0.39 is 0 Å². The third-order valence-electron chi connectivity index (χ3n) is 2.21. The van der Waals surface area contributed by atoms with E-state index in [-0.39, 0.29) is 12.4 Å². The molecule has 1 aromatic rings. The van der Waals surface area contributed by atoms with Gasteiger partial charge in [-0.05, 0) is 0 Å². The monoisotopic (exact) mass is 308 g/mol. The van der Waals surface area contributed by atoms with Crippen LogP contribution in [0.15, 0.2) is 29.7 Å². The quantitative estimate of drug-likeness (QED) is 0.144. The maximum absolute atomic E-state index is 8.37. The zero-order valence-electron chi connectivity index (χ0n) is 10.5. The molecule has 0 aliphatic rings. The van der Waals surface area contributed by atoms with Gasteiger partial charge in [-0.15, -0.1) is 11.6 Å². The first kappa shape index (κ1) is 18.1. The number of halogens is 2. The predicted octanol–water partition coefficient (Wildman–Crippen LogP) is -1.94. The minimum absolute atomic E-state index is 0. The largest absolute Gasteiger partial charge is 1.00 e. The topological polar surface area (TPSA) is 54.9 Å². The van der Waals surface area contributed by atoms with E-state index in [2.05, 4.69) is 5.16 Å². The number of aromatic nitrogens is 1. The molecule has 1 heterocycles. The molecule has 108 valence electrons. The molecular weight excluding hydrogens is 291 g/mol. The highest BCUT2D eigenvalue weighted by atomic mass is 35.5. The predicted molar refractivity (Wildman–Crippen MR) is 68.4 cm³/mol. The Bertz CT molecular complexity index is 347. The molecule has 0 bridgehead atoms. The molecule has 1 rings (SSSR count). The van der Waals surface area contributed by atoms with Gasteiger partial charge in [0.05, 0.1) is 26.0 Å². The van der Waals surface area contributed by atoms with E-state index in [1.165, 1.54) is 6.21 Å². The Morgan fingerprint density at radius 3 is 2.37 bits per heavy atom. The molecule has 0 spiro atoms. The summed E-state index contributed by atoms with van der Waals surface area (Å²) in [6, 6.07) is 3.73. The average molecular weight is 309 g/mol. The molecule has 5 nitrogen and oxygen atoms in total. The lowest BCUT2D eigenvalue weighted by molar-refractivity contribution is -0.698. The smallest absolute Gasteiger partial charge is 0.171 e. The zero-order chi connectivity index (χ0) is 13.1. The first-order valence-electron chi connectivity index (χ1n) is 5.75. The number of oxime groups is 1. The second-order valence-electron chi connectivity index (χ2n) is 3.53. The summed E-state index contributed by atoms with van der Waals surface area (Å²) in [7, 11) is 0. The molecule has 1 N–H and O–H groups in total. The maximum Gasteiger partial charge on any atom is 0.171 e. The highest BCUT2D eigenvalue weighted by molar-refractivity contribution is 6.17. The second-order valence-corrected chi connectivity index (χ2v) is 3.91. The Labute approximate surface area is 124 Å². The molecule has 19 heavy (non-hydrogen) atoms. The van der Waals surface area contributed by atoms with Gasteiger partial charge in [-0.25, -0.2) is 4.57 Å². The fourth-order valence-electron chi connectivity index (χ4n) is 1.32. The van der Waals surface area contributed by atoms with E-state index in [1.54, 1.807) is 0 Å². The van der Waals surface area contributed by atoms with Crippen molar-refractivity contribution in [1.29, 1.82) is 0 Å². The van der Waals surface area contributed by atoms with Crippen LogP contribution in [0.3, 0.4) is 0 Å². The molecule has 0 radical (unpaired) electrons. The summed E-state index contributed by atoms with van der Waals surface area (Å²) in [5.41, 5.74) is 0.851. The number of nitrogens with zero attached hydrogens (tertiary/aromatic N) is 2. The molecule has 0 aliphatic heterocycles. The number of ether oxygens (including phenoxy) is 2. The summed E-state index contributed by atoms with van der Waals surface area (Å²) in [5.74, 6) is 0.513. The van der Waals surface area contributed by atoms with Gasteiger partial charge in [0, 0.05) is 23.6 Å². The van der Waals surface area contributed by atoms with Crippen LogP contribution in [0.1, 0.15) is 5.56 Å². The van der Waals surface area contributed by atoms with Crippen LogP contribution in [0.5, 0.6) is 0 Å². The lowest BCUT2D eigenvalue weighted by Crippen LogP contribution is -3.00. The van der Waals surface area contributed by atoms with Gasteiger partial charge in [0.1, 0.15) is 6.61 Å². The van der Waals surface area contributed by atoms with Gasteiger partial charge in [-0.2, -0.15) is 0 Å². The van der Waals surface area contributed by atoms with E-state index in [0.29, 0.717) is 32.3 Å². The van der Waals surface area contributed by atoms with Crippen molar-refractivity contribution in [2.75, 3.05) is 32.3 Å². The fourth-order valence-corrected chi connectivity index (χ4v) is 1.43. The summed E-state index contributed by atoms with van der Waals surface area (Å²) >= 11 is 5.46. The van der Waals surface area contributed by atoms with Crippen molar-refractivity contribution in [2.24, 2.45) is 5.16 Å². The Morgan fingerprint density at radius 1 is 1.16 bits per heavy atom. The van der Waals surface area contributed by atoms with Crippen molar-refractivity contribution in [2.45, 2.75) is 6.54 Å². The summed E-state index contributed by atoms with van der Waals surface area (Å²) < 4.78 is 12.6. The van der Waals surface area contributed by atoms with Crippen LogP contribution in [0.4, 0.5) is 0 Å². The van der Waals surface area contributed by atoms with Gasteiger partial charge in [0.15, 0.2) is 18.9 Å². The third kappa shape index (κ3) is 8.77. The van der Waals surface area contributed by atoms with E-state index in [4.69, 9.17) is 26.3 Å². The Balaban J connectivity index is 0.00000324. The summed E-state index contributed by atoms with van der Waals surface area (Å²) in [4.78, 5) is 0. The van der Waals surface area contributed by atoms with E-state index >= 15 is 0 Å². The third-order valence-corrected chi connectivity index (χ3v) is 2.37. The normalized spacial score (nSPS) is 10.6. The maximum atomic E-state index is 8.37. The molecule has 7 heteroatoms. The van der Waals surface area contributed by atoms with E-state index in [1.807, 2.05) is 29.1 Å². The first-order valence-corrected chi connectivity index (χ1v) is 6.28. The fraction of sp³-hybridized carbons (Fsp3) is 0.500. The highest BCUT2D eigenvalue weighted by Gasteiger charge is 2.00.